The molecule has 9 aromatic rings. The van der Waals surface area contributed by atoms with E-state index in [2.05, 4.69) is 283 Å². The van der Waals surface area contributed by atoms with Gasteiger partial charge in [0.25, 0.3) is 0 Å². The average molecular weight is 924 g/mol. The van der Waals surface area contributed by atoms with E-state index in [1.807, 2.05) is 17.3 Å². The largest absolute Gasteiger partial charge is 1.00 e. The molecule has 0 nitrogen and oxygen atoms in total. The minimum Gasteiger partial charge on any atom is -1.00 e. The van der Waals surface area contributed by atoms with Gasteiger partial charge < -0.3 is 1.43 Å². The Balaban J connectivity index is 0.000000166. The zero-order chi connectivity index (χ0) is 40.7. The van der Waals surface area contributed by atoms with Crippen LogP contribution in [-0.2, 0) is 17.3 Å². The first-order chi connectivity index (χ1) is 29.3. The number of halogens is 1. The maximum atomic E-state index is 4.57. The van der Waals surface area contributed by atoms with Gasteiger partial charge in [-0.2, -0.15) is 0 Å². The first kappa shape index (κ1) is 43.8. The fraction of sp³-hybridized carbons (Fsp3) is 0. The quantitative estimate of drug-likeness (QED) is 0.1000. The molecule has 0 fully saturated rings. The molecule has 0 bridgehead atoms. The monoisotopic (exact) mass is 924 g/mol. The minimum atomic E-state index is -0.446. The van der Waals surface area contributed by atoms with Crippen molar-refractivity contribution in [2.24, 2.45) is 0 Å². The summed E-state index contributed by atoms with van der Waals surface area (Å²) in [7, 11) is 3.23. The topological polar surface area (TPSA) is 0 Å². The molecule has 292 valence electrons. The van der Waals surface area contributed by atoms with Gasteiger partial charge in [0.2, 0.25) is 0 Å². The van der Waals surface area contributed by atoms with Crippen LogP contribution in [0.2, 0.25) is 0 Å². The molecule has 5 heteroatoms. The number of hydrogen-bond donors (Lipinski definition) is 0. The van der Waals surface area contributed by atoms with Crippen molar-refractivity contribution in [3.05, 3.63) is 273 Å². The van der Waals surface area contributed by atoms with Crippen molar-refractivity contribution in [2.75, 3.05) is 0 Å². The van der Waals surface area contributed by atoms with E-state index in [1.165, 1.54) is 47.7 Å². The van der Waals surface area contributed by atoms with Crippen molar-refractivity contribution in [3.63, 3.8) is 0 Å². The Bertz CT molecular complexity index is 1870. The molecule has 9 aromatic carbocycles. The van der Waals surface area contributed by atoms with Gasteiger partial charge in [-0.25, -0.2) is 0 Å². The van der Waals surface area contributed by atoms with Crippen LogP contribution < -0.4 is 47.7 Å². The first-order valence-corrected chi connectivity index (χ1v) is 25.6. The molecule has 0 aromatic heterocycles. The minimum absolute atomic E-state index is 0. The summed E-state index contributed by atoms with van der Waals surface area (Å²) in [6.45, 7) is 0. The van der Waals surface area contributed by atoms with Gasteiger partial charge >= 0.3 is 27.0 Å². The molecule has 0 aliphatic heterocycles. The van der Waals surface area contributed by atoms with Crippen LogP contribution in [0.25, 0.3) is 0 Å². The summed E-state index contributed by atoms with van der Waals surface area (Å²) in [4.78, 5) is 0. The fourth-order valence-electron chi connectivity index (χ4n) is 6.54. The average Bonchev–Trinajstić information content (AvgIpc) is 3.34. The van der Waals surface area contributed by atoms with E-state index in [0.29, 0.717) is 0 Å². The molecule has 0 unspecified atom stereocenters. The Morgan fingerprint density at radius 3 is 0.356 bits per heavy atom. The zero-order valence-electron chi connectivity index (χ0n) is 33.6. The fourth-order valence-corrected chi connectivity index (χ4v) is 13.5. The first-order valence-electron chi connectivity index (χ1n) is 19.3. The van der Waals surface area contributed by atoms with Crippen LogP contribution in [0, 0.1) is 0 Å². The van der Waals surface area contributed by atoms with Crippen molar-refractivity contribution in [2.45, 2.75) is 0 Å². The molecule has 0 amide bonds. The molecule has 0 aliphatic carbocycles. The van der Waals surface area contributed by atoms with Gasteiger partial charge in [-0.1, -0.05) is 273 Å². The van der Waals surface area contributed by atoms with E-state index < -0.39 is 23.8 Å². The van der Waals surface area contributed by atoms with Gasteiger partial charge in [-0.3, -0.25) is 0 Å². The number of hydrogen-bond acceptors (Lipinski definition) is 0. The second-order valence-electron chi connectivity index (χ2n) is 13.0. The summed E-state index contributed by atoms with van der Waals surface area (Å²) in [5.41, 5.74) is 0. The summed E-state index contributed by atoms with van der Waals surface area (Å²) in [5.74, 6) is 0. The molecule has 9 rings (SSSR count). The molecule has 0 aliphatic rings. The molecule has 0 spiro atoms. The van der Waals surface area contributed by atoms with Crippen LogP contribution in [0.15, 0.2) is 273 Å². The third-order valence-corrected chi connectivity index (χ3v) is 16.5. The molecule has 0 atom stereocenters. The zero-order valence-corrected chi connectivity index (χ0v) is 37.7. The maximum absolute atomic E-state index is 4.57. The molecule has 0 saturated heterocycles. The van der Waals surface area contributed by atoms with Gasteiger partial charge in [-0.15, -0.1) is 0 Å². The second kappa shape index (κ2) is 25.0. The SMILES string of the molecule is [Cl][Ru+].[H-].c1ccc(P(c2ccccc2)c2ccccc2)cc1.c1ccc(P(c2ccccc2)c2ccccc2)cc1.c1ccc(P(c2ccccc2)c2ccccc2)cc1. The van der Waals surface area contributed by atoms with Gasteiger partial charge in [0.1, 0.15) is 0 Å². The Morgan fingerprint density at radius 1 is 0.186 bits per heavy atom. The van der Waals surface area contributed by atoms with Crippen LogP contribution in [0.1, 0.15) is 1.43 Å². The Labute approximate surface area is 370 Å². The third kappa shape index (κ3) is 13.1. The third-order valence-electron chi connectivity index (χ3n) is 9.13. The number of rotatable bonds is 9. The smallest absolute Gasteiger partial charge is 0.0134 e. The summed E-state index contributed by atoms with van der Waals surface area (Å²) < 4.78 is 0. The van der Waals surface area contributed by atoms with Gasteiger partial charge in [0, 0.05) is 0 Å². The van der Waals surface area contributed by atoms with Crippen LogP contribution in [0.5, 0.6) is 0 Å². The molecule has 0 N–H and O–H groups in total. The summed E-state index contributed by atoms with van der Waals surface area (Å²) in [6.07, 6.45) is 0. The van der Waals surface area contributed by atoms with Crippen LogP contribution in [0.3, 0.4) is 0 Å². The van der Waals surface area contributed by atoms with Crippen LogP contribution >= 0.6 is 33.5 Å². The second-order valence-corrected chi connectivity index (χ2v) is 19.7. The molecular weight excluding hydrogens is 878 g/mol. The van der Waals surface area contributed by atoms with Crippen molar-refractivity contribution >= 4 is 81.2 Å². The number of benzene rings is 9. The van der Waals surface area contributed by atoms with Gasteiger partial charge in [-0.05, 0) is 71.5 Å². The van der Waals surface area contributed by atoms with E-state index in [4.69, 9.17) is 0 Å². The normalized spacial score (nSPS) is 10.3. The summed E-state index contributed by atoms with van der Waals surface area (Å²) >= 11 is 1.82. The van der Waals surface area contributed by atoms with Crippen molar-refractivity contribution < 1.29 is 18.7 Å². The van der Waals surface area contributed by atoms with E-state index in [9.17, 15) is 0 Å². The molecule has 0 radical (unpaired) electrons. The van der Waals surface area contributed by atoms with Gasteiger partial charge in [0.05, 0.1) is 0 Å². The predicted octanol–water partition coefficient (Wildman–Crippen LogP) is 11.1. The van der Waals surface area contributed by atoms with E-state index in [0.717, 1.165) is 0 Å². The summed E-state index contributed by atoms with van der Waals surface area (Å²) in [6, 6.07) is 97.0. The Kier molecular flexibility index (Phi) is 18.5. The maximum Gasteiger partial charge on any atom is -0.0134 e. The van der Waals surface area contributed by atoms with E-state index in [-0.39, 0.29) is 1.43 Å². The Morgan fingerprint density at radius 2 is 0.271 bits per heavy atom. The van der Waals surface area contributed by atoms with Crippen molar-refractivity contribution in [1.82, 2.24) is 0 Å². The van der Waals surface area contributed by atoms with Crippen LogP contribution in [0.4, 0.5) is 0 Å². The standard InChI is InChI=1S/3C18H15P.ClH.Ru.H/c3*1-4-10-16(11-5-1)19(17-12-6-2-7-13-17)18-14-8-3-9-15-18;;;/h3*1-15H;1H;;/q;;;;+2;-1/p-1. The molecule has 0 heterocycles. The molecular formula is C54H46ClP3Ru. The van der Waals surface area contributed by atoms with Crippen molar-refractivity contribution in [1.29, 1.82) is 0 Å². The summed E-state index contributed by atoms with van der Waals surface area (Å²) in [5, 5.41) is 12.6. The van der Waals surface area contributed by atoms with E-state index >= 15 is 0 Å². The Hall–Kier alpha value is -4.82. The van der Waals surface area contributed by atoms with E-state index in [1.54, 1.807) is 0 Å². The predicted molar refractivity (Wildman–Crippen MR) is 262 cm³/mol. The van der Waals surface area contributed by atoms with Crippen molar-refractivity contribution in [3.8, 4) is 0 Å². The van der Waals surface area contributed by atoms with Crippen LogP contribution in [-0.4, -0.2) is 0 Å². The molecule has 59 heavy (non-hydrogen) atoms. The van der Waals surface area contributed by atoms with Gasteiger partial charge in [0.15, 0.2) is 0 Å². The molecule has 0 saturated carbocycles.